The third kappa shape index (κ3) is 2.99. The molecule has 2 aromatic rings. The standard InChI is InChI=1S/C17H19NO2/c1-17(2,3)14-6-4-11(5-7-14)12-8-13(16(19)20)10-15(18)9-12/h4-10H,18H2,1-3H3,(H,19,20). The minimum Gasteiger partial charge on any atom is -0.478 e. The summed E-state index contributed by atoms with van der Waals surface area (Å²) in [6, 6.07) is 13.0. The van der Waals surface area contributed by atoms with Crippen LogP contribution in [-0.4, -0.2) is 11.1 Å². The maximum atomic E-state index is 11.1. The summed E-state index contributed by atoms with van der Waals surface area (Å²) in [5, 5.41) is 9.08. The summed E-state index contributed by atoms with van der Waals surface area (Å²) >= 11 is 0. The van der Waals surface area contributed by atoms with E-state index in [1.54, 1.807) is 12.1 Å². The Kier molecular flexibility index (Phi) is 3.53. The summed E-state index contributed by atoms with van der Waals surface area (Å²) in [6.07, 6.45) is 0. The summed E-state index contributed by atoms with van der Waals surface area (Å²) in [6.45, 7) is 6.47. The minimum absolute atomic E-state index is 0.0977. The van der Waals surface area contributed by atoms with Crippen LogP contribution in [0.4, 0.5) is 5.69 Å². The lowest BCUT2D eigenvalue weighted by Gasteiger charge is -2.19. The van der Waals surface area contributed by atoms with Crippen LogP contribution < -0.4 is 5.73 Å². The third-order valence-electron chi connectivity index (χ3n) is 3.29. The highest BCUT2D eigenvalue weighted by atomic mass is 16.4. The highest BCUT2D eigenvalue weighted by Crippen LogP contribution is 2.27. The SMILES string of the molecule is CC(C)(C)c1ccc(-c2cc(N)cc(C(=O)O)c2)cc1. The molecule has 0 aliphatic heterocycles. The van der Waals surface area contributed by atoms with Gasteiger partial charge >= 0.3 is 5.97 Å². The lowest BCUT2D eigenvalue weighted by atomic mass is 9.86. The Morgan fingerprint density at radius 2 is 1.60 bits per heavy atom. The monoisotopic (exact) mass is 269 g/mol. The molecule has 0 unspecified atom stereocenters. The molecule has 0 amide bonds. The Morgan fingerprint density at radius 3 is 2.10 bits per heavy atom. The van der Waals surface area contributed by atoms with Crippen LogP contribution in [0.3, 0.4) is 0 Å². The van der Waals surface area contributed by atoms with Crippen LogP contribution in [-0.2, 0) is 5.41 Å². The van der Waals surface area contributed by atoms with Crippen molar-refractivity contribution >= 4 is 11.7 Å². The summed E-state index contributed by atoms with van der Waals surface area (Å²) in [4.78, 5) is 11.1. The van der Waals surface area contributed by atoms with Crippen molar-refractivity contribution in [3.63, 3.8) is 0 Å². The van der Waals surface area contributed by atoms with Gasteiger partial charge in [0, 0.05) is 5.69 Å². The number of carbonyl (C=O) groups is 1. The molecule has 2 rings (SSSR count). The van der Waals surface area contributed by atoms with E-state index in [0.717, 1.165) is 11.1 Å². The number of nitrogen functional groups attached to an aromatic ring is 1. The average molecular weight is 269 g/mol. The van der Waals surface area contributed by atoms with Gasteiger partial charge in [0.25, 0.3) is 0 Å². The molecule has 0 aliphatic rings. The Bertz CT molecular complexity index is 637. The molecule has 3 nitrogen and oxygen atoms in total. The maximum absolute atomic E-state index is 11.1. The van der Waals surface area contributed by atoms with Crippen LogP contribution in [0.15, 0.2) is 42.5 Å². The van der Waals surface area contributed by atoms with Crippen LogP contribution in [0.25, 0.3) is 11.1 Å². The smallest absolute Gasteiger partial charge is 0.335 e. The van der Waals surface area contributed by atoms with E-state index >= 15 is 0 Å². The molecule has 0 saturated carbocycles. The number of carboxylic acid groups (broad SMARTS) is 1. The van der Waals surface area contributed by atoms with Crippen molar-refractivity contribution in [1.82, 2.24) is 0 Å². The van der Waals surface area contributed by atoms with Gasteiger partial charge in [-0.15, -0.1) is 0 Å². The van der Waals surface area contributed by atoms with Gasteiger partial charge in [-0.3, -0.25) is 0 Å². The van der Waals surface area contributed by atoms with Gasteiger partial charge in [0.1, 0.15) is 0 Å². The fourth-order valence-corrected chi connectivity index (χ4v) is 2.10. The molecule has 0 aromatic heterocycles. The van der Waals surface area contributed by atoms with E-state index in [9.17, 15) is 4.79 Å². The zero-order valence-corrected chi connectivity index (χ0v) is 12.0. The van der Waals surface area contributed by atoms with E-state index < -0.39 is 5.97 Å². The molecule has 0 spiro atoms. The summed E-state index contributed by atoms with van der Waals surface area (Å²) < 4.78 is 0. The largest absolute Gasteiger partial charge is 0.478 e. The molecule has 0 fully saturated rings. The summed E-state index contributed by atoms with van der Waals surface area (Å²) in [5.74, 6) is -0.968. The molecule has 0 bridgehead atoms. The molecular formula is C17H19NO2. The number of rotatable bonds is 2. The van der Waals surface area contributed by atoms with Crippen molar-refractivity contribution in [1.29, 1.82) is 0 Å². The van der Waals surface area contributed by atoms with Gasteiger partial charge < -0.3 is 10.8 Å². The van der Waals surface area contributed by atoms with Gasteiger partial charge in [-0.25, -0.2) is 4.79 Å². The Balaban J connectivity index is 2.44. The van der Waals surface area contributed by atoms with E-state index in [1.807, 2.05) is 12.1 Å². The molecule has 104 valence electrons. The lowest BCUT2D eigenvalue weighted by molar-refractivity contribution is 0.0697. The van der Waals surface area contributed by atoms with E-state index in [2.05, 4.69) is 32.9 Å². The second-order valence-electron chi connectivity index (χ2n) is 5.98. The second-order valence-corrected chi connectivity index (χ2v) is 5.98. The fraction of sp³-hybridized carbons (Fsp3) is 0.235. The molecule has 0 radical (unpaired) electrons. The van der Waals surface area contributed by atoms with Gasteiger partial charge in [-0.05, 0) is 40.3 Å². The van der Waals surface area contributed by atoms with Crippen LogP contribution in [0.2, 0.25) is 0 Å². The topological polar surface area (TPSA) is 63.3 Å². The first kappa shape index (κ1) is 14.1. The number of carboxylic acids is 1. The number of anilines is 1. The van der Waals surface area contributed by atoms with Gasteiger partial charge in [-0.2, -0.15) is 0 Å². The van der Waals surface area contributed by atoms with E-state index in [4.69, 9.17) is 10.8 Å². The predicted molar refractivity (Wildman–Crippen MR) is 81.9 cm³/mol. The van der Waals surface area contributed by atoms with Gasteiger partial charge in [-0.1, -0.05) is 45.0 Å². The van der Waals surface area contributed by atoms with E-state index in [-0.39, 0.29) is 11.0 Å². The van der Waals surface area contributed by atoms with Gasteiger partial charge in [0.15, 0.2) is 0 Å². The molecule has 3 heteroatoms. The molecule has 20 heavy (non-hydrogen) atoms. The van der Waals surface area contributed by atoms with Crippen molar-refractivity contribution in [2.24, 2.45) is 0 Å². The molecular weight excluding hydrogens is 250 g/mol. The molecule has 0 heterocycles. The average Bonchev–Trinajstić information content (AvgIpc) is 2.37. The summed E-state index contributed by atoms with van der Waals surface area (Å²) in [5.41, 5.74) is 9.56. The van der Waals surface area contributed by atoms with Crippen molar-refractivity contribution in [3.05, 3.63) is 53.6 Å². The highest BCUT2D eigenvalue weighted by Gasteiger charge is 2.13. The normalized spacial score (nSPS) is 11.3. The molecule has 0 atom stereocenters. The van der Waals surface area contributed by atoms with Crippen molar-refractivity contribution in [2.45, 2.75) is 26.2 Å². The van der Waals surface area contributed by atoms with Crippen molar-refractivity contribution in [3.8, 4) is 11.1 Å². The number of hydrogen-bond acceptors (Lipinski definition) is 2. The minimum atomic E-state index is -0.968. The van der Waals surface area contributed by atoms with Gasteiger partial charge in [0.05, 0.1) is 5.56 Å². The predicted octanol–water partition coefficient (Wildman–Crippen LogP) is 3.93. The quantitative estimate of drug-likeness (QED) is 0.812. The van der Waals surface area contributed by atoms with Crippen LogP contribution >= 0.6 is 0 Å². The number of aromatic carboxylic acids is 1. The van der Waals surface area contributed by atoms with Crippen molar-refractivity contribution in [2.75, 3.05) is 5.73 Å². The van der Waals surface area contributed by atoms with Crippen LogP contribution in [0.1, 0.15) is 36.7 Å². The third-order valence-corrected chi connectivity index (χ3v) is 3.29. The fourth-order valence-electron chi connectivity index (χ4n) is 2.10. The second kappa shape index (κ2) is 5.00. The zero-order valence-electron chi connectivity index (χ0n) is 12.0. The molecule has 2 aromatic carbocycles. The maximum Gasteiger partial charge on any atom is 0.335 e. The van der Waals surface area contributed by atoms with E-state index in [1.165, 1.54) is 11.6 Å². The molecule has 3 N–H and O–H groups in total. The molecule has 0 aliphatic carbocycles. The van der Waals surface area contributed by atoms with Crippen molar-refractivity contribution < 1.29 is 9.90 Å². The summed E-state index contributed by atoms with van der Waals surface area (Å²) in [7, 11) is 0. The zero-order chi connectivity index (χ0) is 14.9. The Labute approximate surface area is 119 Å². The number of nitrogens with two attached hydrogens (primary N) is 1. The van der Waals surface area contributed by atoms with E-state index in [0.29, 0.717) is 5.69 Å². The Hall–Kier alpha value is -2.29. The number of benzene rings is 2. The Morgan fingerprint density at radius 1 is 1.00 bits per heavy atom. The van der Waals surface area contributed by atoms with Crippen LogP contribution in [0, 0.1) is 0 Å². The number of hydrogen-bond donors (Lipinski definition) is 2. The highest BCUT2D eigenvalue weighted by molar-refractivity contribution is 5.91. The lowest BCUT2D eigenvalue weighted by Crippen LogP contribution is -2.10. The first-order valence-corrected chi connectivity index (χ1v) is 6.52. The van der Waals surface area contributed by atoms with Crippen LogP contribution in [0.5, 0.6) is 0 Å². The first-order valence-electron chi connectivity index (χ1n) is 6.52. The van der Waals surface area contributed by atoms with Gasteiger partial charge in [0.2, 0.25) is 0 Å². The first-order chi connectivity index (χ1) is 9.27. The molecule has 0 saturated heterocycles.